The van der Waals surface area contributed by atoms with E-state index in [2.05, 4.69) is 58.9 Å². The SMILES string of the molecule is CC(C)[Si](Cl)(C(C)C)C(C)c1ccccc1CCl. The monoisotopic (exact) mass is 302 g/mol. The second-order valence-corrected chi connectivity index (χ2v) is 12.8. The highest BCUT2D eigenvalue weighted by atomic mass is 35.6. The van der Waals surface area contributed by atoms with E-state index >= 15 is 0 Å². The van der Waals surface area contributed by atoms with Crippen molar-refractivity contribution < 1.29 is 0 Å². The van der Waals surface area contributed by atoms with Crippen molar-refractivity contribution in [2.45, 2.75) is 57.1 Å². The molecule has 0 nitrogen and oxygen atoms in total. The van der Waals surface area contributed by atoms with Crippen molar-refractivity contribution in [2.75, 3.05) is 0 Å². The lowest BCUT2D eigenvalue weighted by Gasteiger charge is -2.39. The zero-order valence-corrected chi connectivity index (χ0v) is 14.5. The van der Waals surface area contributed by atoms with Gasteiger partial charge < -0.3 is 0 Å². The fourth-order valence-corrected chi connectivity index (χ4v) is 7.67. The zero-order chi connectivity index (χ0) is 13.9. The molecule has 0 fully saturated rings. The molecule has 0 aliphatic heterocycles. The maximum Gasteiger partial charge on any atom is 0.168 e. The molecule has 0 saturated carbocycles. The van der Waals surface area contributed by atoms with Crippen LogP contribution in [0.4, 0.5) is 0 Å². The molecule has 1 aromatic rings. The number of hydrogen-bond acceptors (Lipinski definition) is 0. The van der Waals surface area contributed by atoms with E-state index in [9.17, 15) is 0 Å². The highest BCUT2D eigenvalue weighted by molar-refractivity contribution is 7.22. The second-order valence-electron chi connectivity index (χ2n) is 5.69. The first kappa shape index (κ1) is 16.1. The summed E-state index contributed by atoms with van der Waals surface area (Å²) in [6.07, 6.45) is 0. The molecule has 1 unspecified atom stereocenters. The molecule has 0 aliphatic rings. The summed E-state index contributed by atoms with van der Waals surface area (Å²) in [6.45, 7) is 11.3. The summed E-state index contributed by atoms with van der Waals surface area (Å²) in [5, 5.41) is 0. The number of alkyl halides is 1. The van der Waals surface area contributed by atoms with Gasteiger partial charge in [-0.2, -0.15) is 11.1 Å². The van der Waals surface area contributed by atoms with Crippen LogP contribution in [-0.2, 0) is 5.88 Å². The Morgan fingerprint density at radius 1 is 1.00 bits per heavy atom. The Hall–Kier alpha value is 0.0169. The molecule has 0 aliphatic carbocycles. The van der Waals surface area contributed by atoms with E-state index in [-0.39, 0.29) is 0 Å². The second kappa shape index (κ2) is 6.45. The van der Waals surface area contributed by atoms with Gasteiger partial charge in [-0.25, -0.2) is 0 Å². The molecule has 0 aromatic heterocycles. The van der Waals surface area contributed by atoms with Crippen LogP contribution < -0.4 is 0 Å². The van der Waals surface area contributed by atoms with E-state index in [1.54, 1.807) is 0 Å². The van der Waals surface area contributed by atoms with Gasteiger partial charge in [0.25, 0.3) is 0 Å². The summed E-state index contributed by atoms with van der Waals surface area (Å²) in [5.74, 6) is 0.568. The lowest BCUT2D eigenvalue weighted by Crippen LogP contribution is -2.41. The standard InChI is InChI=1S/C15H24Cl2Si/c1-11(2)18(17,12(3)4)13(5)15-9-7-6-8-14(15)10-16/h6-9,11-13H,10H2,1-5H3. The van der Waals surface area contributed by atoms with Crippen LogP contribution >= 0.6 is 22.7 Å². The topological polar surface area (TPSA) is 0 Å². The maximum atomic E-state index is 7.12. The smallest absolute Gasteiger partial charge is 0.166 e. The molecule has 3 heteroatoms. The average molecular weight is 303 g/mol. The number of rotatable bonds is 5. The summed E-state index contributed by atoms with van der Waals surface area (Å²) < 4.78 is 0. The molecule has 1 aromatic carbocycles. The quantitative estimate of drug-likeness (QED) is 0.352. The van der Waals surface area contributed by atoms with Crippen LogP contribution in [-0.4, -0.2) is 7.38 Å². The first-order valence-corrected chi connectivity index (χ1v) is 10.5. The molecular formula is C15H24Cl2Si. The van der Waals surface area contributed by atoms with Crippen molar-refractivity contribution in [2.24, 2.45) is 0 Å². The van der Waals surface area contributed by atoms with Gasteiger partial charge in [-0.15, -0.1) is 11.6 Å². The zero-order valence-electron chi connectivity index (χ0n) is 12.0. The fraction of sp³-hybridized carbons (Fsp3) is 0.600. The highest BCUT2D eigenvalue weighted by Gasteiger charge is 2.44. The molecular weight excluding hydrogens is 279 g/mol. The Kier molecular flexibility index (Phi) is 5.76. The molecule has 0 bridgehead atoms. The van der Waals surface area contributed by atoms with Gasteiger partial charge in [-0.3, -0.25) is 0 Å². The van der Waals surface area contributed by atoms with Gasteiger partial charge in [0, 0.05) is 5.88 Å². The molecule has 0 amide bonds. The van der Waals surface area contributed by atoms with Crippen molar-refractivity contribution in [1.29, 1.82) is 0 Å². The predicted molar refractivity (Wildman–Crippen MR) is 86.2 cm³/mol. The van der Waals surface area contributed by atoms with Gasteiger partial charge >= 0.3 is 0 Å². The molecule has 0 radical (unpaired) electrons. The van der Waals surface area contributed by atoms with E-state index in [0.29, 0.717) is 22.5 Å². The number of halogens is 2. The van der Waals surface area contributed by atoms with Crippen molar-refractivity contribution in [3.8, 4) is 0 Å². The molecule has 0 heterocycles. The highest BCUT2D eigenvalue weighted by Crippen LogP contribution is 2.46. The van der Waals surface area contributed by atoms with Crippen molar-refractivity contribution in [3.05, 3.63) is 35.4 Å². The molecule has 18 heavy (non-hydrogen) atoms. The van der Waals surface area contributed by atoms with Crippen LogP contribution in [0.3, 0.4) is 0 Å². The van der Waals surface area contributed by atoms with Crippen LogP contribution in [0.2, 0.25) is 11.1 Å². The van der Waals surface area contributed by atoms with Gasteiger partial charge in [-0.1, -0.05) is 58.9 Å². The summed E-state index contributed by atoms with van der Waals surface area (Å²) >= 11 is 13.2. The fourth-order valence-electron chi connectivity index (χ4n) is 2.98. The van der Waals surface area contributed by atoms with Gasteiger partial charge in [0.05, 0.1) is 0 Å². The third-order valence-corrected chi connectivity index (χ3v) is 13.2. The van der Waals surface area contributed by atoms with Gasteiger partial charge in [-0.05, 0) is 27.8 Å². The Morgan fingerprint density at radius 2 is 1.50 bits per heavy atom. The molecule has 1 rings (SSSR count). The minimum absolute atomic E-state index is 0.425. The van der Waals surface area contributed by atoms with E-state index in [0.717, 1.165) is 0 Å². The van der Waals surface area contributed by atoms with Crippen molar-refractivity contribution in [1.82, 2.24) is 0 Å². The van der Waals surface area contributed by atoms with Gasteiger partial charge in [0.15, 0.2) is 7.38 Å². The van der Waals surface area contributed by atoms with Crippen LogP contribution in [0, 0.1) is 0 Å². The summed E-state index contributed by atoms with van der Waals surface area (Å²) in [4.78, 5) is 0. The Balaban J connectivity index is 3.22. The normalized spacial score (nSPS) is 14.3. The summed E-state index contributed by atoms with van der Waals surface area (Å²) in [6, 6.07) is 8.45. The van der Waals surface area contributed by atoms with Crippen LogP contribution in [0.25, 0.3) is 0 Å². The minimum Gasteiger partial charge on any atom is -0.166 e. The Labute approximate surface area is 122 Å². The van der Waals surface area contributed by atoms with Gasteiger partial charge in [0.1, 0.15) is 0 Å². The van der Waals surface area contributed by atoms with Crippen LogP contribution in [0.15, 0.2) is 24.3 Å². The number of benzene rings is 1. The van der Waals surface area contributed by atoms with E-state index in [1.807, 2.05) is 0 Å². The van der Waals surface area contributed by atoms with Crippen molar-refractivity contribution in [3.63, 3.8) is 0 Å². The van der Waals surface area contributed by atoms with Crippen LogP contribution in [0.5, 0.6) is 0 Å². The minimum atomic E-state index is -1.88. The summed E-state index contributed by atoms with van der Waals surface area (Å²) in [5.41, 5.74) is 4.10. The largest absolute Gasteiger partial charge is 0.168 e. The summed E-state index contributed by atoms with van der Waals surface area (Å²) in [7, 11) is -1.88. The molecule has 0 N–H and O–H groups in total. The maximum absolute atomic E-state index is 7.12. The molecule has 102 valence electrons. The van der Waals surface area contributed by atoms with E-state index in [1.165, 1.54) is 11.1 Å². The van der Waals surface area contributed by atoms with Crippen LogP contribution in [0.1, 0.15) is 51.3 Å². The molecule has 0 spiro atoms. The lowest BCUT2D eigenvalue weighted by atomic mass is 10.1. The number of hydrogen-bond donors (Lipinski definition) is 0. The lowest BCUT2D eigenvalue weighted by molar-refractivity contribution is 0.845. The van der Waals surface area contributed by atoms with Gasteiger partial charge in [0.2, 0.25) is 0 Å². The first-order chi connectivity index (χ1) is 8.35. The third kappa shape index (κ3) is 2.95. The Bertz CT molecular complexity index is 380. The molecule has 1 atom stereocenters. The molecule has 0 saturated heterocycles. The predicted octanol–water partition coefficient (Wildman–Crippen LogP) is 6.07. The third-order valence-electron chi connectivity index (χ3n) is 4.10. The van der Waals surface area contributed by atoms with E-state index in [4.69, 9.17) is 22.7 Å². The first-order valence-electron chi connectivity index (χ1n) is 6.68. The van der Waals surface area contributed by atoms with Crippen molar-refractivity contribution >= 4 is 30.1 Å². The average Bonchev–Trinajstić information content (AvgIpc) is 2.36. The Morgan fingerprint density at radius 3 is 1.94 bits per heavy atom. The van der Waals surface area contributed by atoms with E-state index < -0.39 is 7.38 Å².